The molecular formula is C13H24N4O. The Morgan fingerprint density at radius 2 is 2.11 bits per heavy atom. The van der Waals surface area contributed by atoms with Crippen LogP contribution in [0.1, 0.15) is 26.7 Å². The Balaban J connectivity index is 2.64. The first-order valence-corrected chi connectivity index (χ1v) is 6.68. The van der Waals surface area contributed by atoms with Crippen LogP contribution in [-0.4, -0.2) is 36.2 Å². The van der Waals surface area contributed by atoms with Gasteiger partial charge in [0.15, 0.2) is 5.82 Å². The quantitative estimate of drug-likeness (QED) is 0.704. The Kier molecular flexibility index (Phi) is 6.43. The van der Waals surface area contributed by atoms with Gasteiger partial charge in [-0.1, -0.05) is 13.8 Å². The first kappa shape index (κ1) is 14.7. The van der Waals surface area contributed by atoms with E-state index in [0.29, 0.717) is 5.82 Å². The Morgan fingerprint density at radius 3 is 2.78 bits per heavy atom. The smallest absolute Gasteiger partial charge is 0.293 e. The summed E-state index contributed by atoms with van der Waals surface area (Å²) in [5, 5.41) is 3.32. The molecule has 0 saturated carbocycles. The van der Waals surface area contributed by atoms with Crippen molar-refractivity contribution in [2.75, 3.05) is 31.6 Å². The largest absolute Gasteiger partial charge is 0.354 e. The Morgan fingerprint density at radius 1 is 1.33 bits per heavy atom. The summed E-state index contributed by atoms with van der Waals surface area (Å²) in [7, 11) is 1.91. The molecule has 0 aromatic carbocycles. The van der Waals surface area contributed by atoms with E-state index < -0.39 is 0 Å². The van der Waals surface area contributed by atoms with E-state index in [1.807, 2.05) is 11.9 Å². The van der Waals surface area contributed by atoms with Gasteiger partial charge in [-0.15, -0.1) is 0 Å². The van der Waals surface area contributed by atoms with Crippen molar-refractivity contribution < 1.29 is 0 Å². The fourth-order valence-electron chi connectivity index (χ4n) is 1.77. The first-order chi connectivity index (χ1) is 8.70. The number of hydrogen-bond acceptors (Lipinski definition) is 4. The lowest BCUT2D eigenvalue weighted by Gasteiger charge is -2.18. The fourth-order valence-corrected chi connectivity index (χ4v) is 1.77. The Bertz CT molecular complexity index is 402. The molecule has 0 amide bonds. The van der Waals surface area contributed by atoms with Gasteiger partial charge >= 0.3 is 0 Å². The molecule has 5 nitrogen and oxygen atoms in total. The second-order valence-electron chi connectivity index (χ2n) is 4.42. The molecule has 1 aromatic heterocycles. The van der Waals surface area contributed by atoms with Gasteiger partial charge in [0, 0.05) is 39.1 Å². The Hall–Kier alpha value is -1.36. The molecule has 102 valence electrons. The molecule has 1 heterocycles. The van der Waals surface area contributed by atoms with Crippen LogP contribution in [0, 0.1) is 0 Å². The highest BCUT2D eigenvalue weighted by Gasteiger charge is 2.08. The van der Waals surface area contributed by atoms with Gasteiger partial charge in [-0.05, 0) is 19.4 Å². The fraction of sp³-hybridized carbons (Fsp3) is 0.692. The van der Waals surface area contributed by atoms with E-state index in [0.717, 1.165) is 39.0 Å². The molecular weight excluding hydrogens is 228 g/mol. The first-order valence-electron chi connectivity index (χ1n) is 6.68. The number of rotatable bonds is 8. The lowest BCUT2D eigenvalue weighted by atomic mass is 10.4. The van der Waals surface area contributed by atoms with Crippen molar-refractivity contribution in [2.45, 2.75) is 33.2 Å². The molecule has 0 aliphatic heterocycles. The summed E-state index contributed by atoms with van der Waals surface area (Å²) in [4.78, 5) is 18.2. The molecule has 0 radical (unpaired) electrons. The third-order valence-corrected chi connectivity index (χ3v) is 2.77. The van der Waals surface area contributed by atoms with E-state index in [1.54, 1.807) is 17.0 Å². The zero-order chi connectivity index (χ0) is 13.4. The van der Waals surface area contributed by atoms with E-state index in [2.05, 4.69) is 24.1 Å². The number of hydrogen-bond donors (Lipinski definition) is 1. The highest BCUT2D eigenvalue weighted by Crippen LogP contribution is 2.00. The van der Waals surface area contributed by atoms with Crippen LogP contribution in [0.3, 0.4) is 0 Å². The summed E-state index contributed by atoms with van der Waals surface area (Å²) in [6.07, 6.45) is 5.52. The van der Waals surface area contributed by atoms with E-state index in [4.69, 9.17) is 0 Å². The molecule has 0 spiro atoms. The van der Waals surface area contributed by atoms with Gasteiger partial charge in [0.1, 0.15) is 0 Å². The molecule has 1 aromatic rings. The van der Waals surface area contributed by atoms with Crippen molar-refractivity contribution >= 4 is 5.82 Å². The molecule has 0 saturated heterocycles. The SMILES string of the molecule is CCCNCCN(C)c1nccn(CCC)c1=O. The van der Waals surface area contributed by atoms with Gasteiger partial charge in [-0.3, -0.25) is 4.79 Å². The zero-order valence-corrected chi connectivity index (χ0v) is 11.6. The van der Waals surface area contributed by atoms with Crippen molar-refractivity contribution in [3.63, 3.8) is 0 Å². The highest BCUT2D eigenvalue weighted by atomic mass is 16.1. The third-order valence-electron chi connectivity index (χ3n) is 2.77. The van der Waals surface area contributed by atoms with Crippen molar-refractivity contribution in [3.05, 3.63) is 22.7 Å². The number of anilines is 1. The highest BCUT2D eigenvalue weighted by molar-refractivity contribution is 5.34. The molecule has 0 bridgehead atoms. The van der Waals surface area contributed by atoms with Gasteiger partial charge in [-0.2, -0.15) is 0 Å². The van der Waals surface area contributed by atoms with Gasteiger partial charge in [-0.25, -0.2) is 4.98 Å². The minimum atomic E-state index is -0.00246. The van der Waals surface area contributed by atoms with Crippen LogP contribution in [0.5, 0.6) is 0 Å². The molecule has 0 aliphatic carbocycles. The van der Waals surface area contributed by atoms with Gasteiger partial charge in [0.25, 0.3) is 5.56 Å². The average molecular weight is 252 g/mol. The summed E-state index contributed by atoms with van der Waals surface area (Å²) < 4.78 is 1.72. The minimum Gasteiger partial charge on any atom is -0.354 e. The van der Waals surface area contributed by atoms with Gasteiger partial charge in [0.05, 0.1) is 0 Å². The predicted octanol–water partition coefficient (Wildman–Crippen LogP) is 1.09. The van der Waals surface area contributed by atoms with Crippen molar-refractivity contribution in [3.8, 4) is 0 Å². The van der Waals surface area contributed by atoms with Gasteiger partial charge in [0.2, 0.25) is 0 Å². The second kappa shape index (κ2) is 7.87. The lowest BCUT2D eigenvalue weighted by Crippen LogP contribution is -2.35. The maximum atomic E-state index is 12.1. The van der Waals surface area contributed by atoms with Crippen molar-refractivity contribution in [1.82, 2.24) is 14.9 Å². The zero-order valence-electron chi connectivity index (χ0n) is 11.6. The molecule has 18 heavy (non-hydrogen) atoms. The minimum absolute atomic E-state index is 0.00246. The van der Waals surface area contributed by atoms with Crippen LogP contribution in [0.2, 0.25) is 0 Å². The molecule has 0 atom stereocenters. The van der Waals surface area contributed by atoms with E-state index in [1.165, 1.54) is 0 Å². The number of likely N-dealkylation sites (N-methyl/N-ethyl adjacent to an activating group) is 1. The number of aryl methyl sites for hydroxylation is 1. The topological polar surface area (TPSA) is 50.2 Å². The van der Waals surface area contributed by atoms with E-state index in [-0.39, 0.29) is 5.56 Å². The number of nitrogens with zero attached hydrogens (tertiary/aromatic N) is 3. The molecule has 0 aliphatic rings. The molecule has 0 unspecified atom stereocenters. The summed E-state index contributed by atoms with van der Waals surface area (Å²) in [5.74, 6) is 0.532. The molecule has 1 rings (SSSR count). The summed E-state index contributed by atoms with van der Waals surface area (Å²) >= 11 is 0. The number of aromatic nitrogens is 2. The van der Waals surface area contributed by atoms with Crippen LogP contribution >= 0.6 is 0 Å². The third kappa shape index (κ3) is 4.14. The molecule has 1 N–H and O–H groups in total. The monoisotopic (exact) mass is 252 g/mol. The summed E-state index contributed by atoms with van der Waals surface area (Å²) in [5.41, 5.74) is -0.00246. The van der Waals surface area contributed by atoms with E-state index in [9.17, 15) is 4.79 Å². The lowest BCUT2D eigenvalue weighted by molar-refractivity contribution is 0.635. The molecule has 0 fully saturated rings. The van der Waals surface area contributed by atoms with Crippen LogP contribution in [0.15, 0.2) is 17.2 Å². The standard InChI is InChI=1S/C13H24N4O/c1-4-6-14-7-10-16(3)12-13(18)17(9-5-2)11-8-15-12/h8,11,14H,4-7,9-10H2,1-3H3. The van der Waals surface area contributed by atoms with Crippen LogP contribution < -0.4 is 15.8 Å². The molecule has 5 heteroatoms. The number of nitrogens with one attached hydrogen (secondary N) is 1. The van der Waals surface area contributed by atoms with Gasteiger partial charge < -0.3 is 14.8 Å². The predicted molar refractivity (Wildman–Crippen MR) is 75.2 cm³/mol. The maximum Gasteiger partial charge on any atom is 0.293 e. The average Bonchev–Trinajstić information content (AvgIpc) is 2.37. The van der Waals surface area contributed by atoms with Crippen LogP contribution in [-0.2, 0) is 6.54 Å². The second-order valence-corrected chi connectivity index (χ2v) is 4.42. The van der Waals surface area contributed by atoms with E-state index >= 15 is 0 Å². The maximum absolute atomic E-state index is 12.1. The summed E-state index contributed by atoms with van der Waals surface area (Å²) in [6.45, 7) is 7.61. The van der Waals surface area contributed by atoms with Crippen molar-refractivity contribution in [2.24, 2.45) is 0 Å². The van der Waals surface area contributed by atoms with Crippen LogP contribution in [0.4, 0.5) is 5.82 Å². The summed E-state index contributed by atoms with van der Waals surface area (Å²) in [6, 6.07) is 0. The normalized spacial score (nSPS) is 10.6. The Labute approximate surface area is 109 Å². The van der Waals surface area contributed by atoms with Crippen molar-refractivity contribution in [1.29, 1.82) is 0 Å². The van der Waals surface area contributed by atoms with Crippen LogP contribution in [0.25, 0.3) is 0 Å².